The van der Waals surface area contributed by atoms with Gasteiger partial charge in [-0.3, -0.25) is 4.79 Å². The van der Waals surface area contributed by atoms with Crippen molar-refractivity contribution in [2.45, 2.75) is 59.1 Å². The van der Waals surface area contributed by atoms with Crippen molar-refractivity contribution in [3.8, 4) is 0 Å². The zero-order valence-corrected chi connectivity index (χ0v) is 14.7. The van der Waals surface area contributed by atoms with Gasteiger partial charge in [0.15, 0.2) is 0 Å². The molecule has 0 aromatic carbocycles. The SMILES string of the molecule is CC(C)[C@H]1CC[C@H](C)C[C@@H]1OCC(=O)NCCCn1ccnc1. The van der Waals surface area contributed by atoms with Crippen LogP contribution in [0.2, 0.25) is 0 Å². The number of nitrogens with one attached hydrogen (secondary N) is 1. The first-order chi connectivity index (χ1) is 11.1. The van der Waals surface area contributed by atoms with Crippen LogP contribution in [0.15, 0.2) is 18.7 Å². The third kappa shape index (κ3) is 5.98. The summed E-state index contributed by atoms with van der Waals surface area (Å²) >= 11 is 0. The molecule has 5 nitrogen and oxygen atoms in total. The maximum atomic E-state index is 11.9. The number of aromatic nitrogens is 2. The molecule has 1 amide bonds. The summed E-state index contributed by atoms with van der Waals surface area (Å²) in [5, 5.41) is 2.94. The van der Waals surface area contributed by atoms with E-state index in [1.165, 1.54) is 12.8 Å². The monoisotopic (exact) mass is 321 g/mol. The number of ether oxygens (including phenoxy) is 1. The van der Waals surface area contributed by atoms with Gasteiger partial charge in [-0.15, -0.1) is 0 Å². The third-order valence-electron chi connectivity index (χ3n) is 4.86. The third-order valence-corrected chi connectivity index (χ3v) is 4.86. The van der Waals surface area contributed by atoms with Crippen molar-refractivity contribution in [2.75, 3.05) is 13.2 Å². The van der Waals surface area contributed by atoms with Gasteiger partial charge in [0, 0.05) is 25.5 Å². The zero-order chi connectivity index (χ0) is 16.7. The molecular formula is C18H31N3O2. The van der Waals surface area contributed by atoms with Gasteiger partial charge < -0.3 is 14.6 Å². The maximum absolute atomic E-state index is 11.9. The molecule has 1 aromatic heterocycles. The molecule has 0 aliphatic heterocycles. The van der Waals surface area contributed by atoms with Crippen molar-refractivity contribution in [3.05, 3.63) is 18.7 Å². The highest BCUT2D eigenvalue weighted by molar-refractivity contribution is 5.77. The van der Waals surface area contributed by atoms with Gasteiger partial charge in [0.2, 0.25) is 5.91 Å². The number of rotatable bonds is 8. The molecule has 0 radical (unpaired) electrons. The van der Waals surface area contributed by atoms with Crippen LogP contribution in [-0.2, 0) is 16.1 Å². The molecule has 1 saturated carbocycles. The number of hydrogen-bond donors (Lipinski definition) is 1. The van der Waals surface area contributed by atoms with Crippen LogP contribution in [-0.4, -0.2) is 34.7 Å². The molecule has 1 heterocycles. The lowest BCUT2D eigenvalue weighted by atomic mass is 9.75. The number of hydrogen-bond acceptors (Lipinski definition) is 3. The van der Waals surface area contributed by atoms with E-state index in [2.05, 4.69) is 31.1 Å². The van der Waals surface area contributed by atoms with Crippen molar-refractivity contribution >= 4 is 5.91 Å². The fourth-order valence-corrected chi connectivity index (χ4v) is 3.45. The first-order valence-electron chi connectivity index (χ1n) is 8.90. The molecule has 0 unspecified atom stereocenters. The number of aryl methyl sites for hydroxylation is 1. The summed E-state index contributed by atoms with van der Waals surface area (Å²) in [6.07, 6.45) is 10.2. The lowest BCUT2D eigenvalue weighted by molar-refractivity contribution is -0.131. The minimum Gasteiger partial charge on any atom is -0.368 e. The molecule has 1 aliphatic carbocycles. The first-order valence-corrected chi connectivity index (χ1v) is 8.90. The van der Waals surface area contributed by atoms with Crippen molar-refractivity contribution in [1.29, 1.82) is 0 Å². The van der Waals surface area contributed by atoms with Crippen LogP contribution in [0.4, 0.5) is 0 Å². The molecule has 1 fully saturated rings. The normalized spacial score (nSPS) is 24.8. The van der Waals surface area contributed by atoms with Gasteiger partial charge in [-0.2, -0.15) is 0 Å². The Morgan fingerprint density at radius 3 is 2.96 bits per heavy atom. The Kier molecular flexibility index (Phi) is 7.09. The molecule has 130 valence electrons. The molecule has 5 heteroatoms. The second-order valence-electron chi connectivity index (χ2n) is 7.18. The van der Waals surface area contributed by atoms with E-state index < -0.39 is 0 Å². The topological polar surface area (TPSA) is 56.1 Å². The Hall–Kier alpha value is -1.36. The summed E-state index contributed by atoms with van der Waals surface area (Å²) in [7, 11) is 0. The van der Waals surface area contributed by atoms with Crippen LogP contribution in [0.25, 0.3) is 0 Å². The van der Waals surface area contributed by atoms with E-state index in [0.29, 0.717) is 24.3 Å². The summed E-state index contributed by atoms with van der Waals surface area (Å²) < 4.78 is 7.98. The number of nitrogens with zero attached hydrogens (tertiary/aromatic N) is 2. The minimum absolute atomic E-state index is 0.00337. The number of imidazole rings is 1. The van der Waals surface area contributed by atoms with Crippen molar-refractivity contribution in [2.24, 2.45) is 17.8 Å². The lowest BCUT2D eigenvalue weighted by Crippen LogP contribution is -2.37. The summed E-state index contributed by atoms with van der Waals surface area (Å²) in [4.78, 5) is 15.9. The molecular weight excluding hydrogens is 290 g/mol. The minimum atomic E-state index is -0.00337. The van der Waals surface area contributed by atoms with E-state index in [4.69, 9.17) is 4.74 Å². The Balaban J connectivity index is 1.64. The van der Waals surface area contributed by atoms with Gasteiger partial charge in [0.05, 0.1) is 12.4 Å². The highest BCUT2D eigenvalue weighted by Crippen LogP contribution is 2.35. The van der Waals surface area contributed by atoms with Crippen LogP contribution < -0.4 is 5.32 Å². The Morgan fingerprint density at radius 2 is 2.26 bits per heavy atom. The van der Waals surface area contributed by atoms with E-state index in [1.807, 2.05) is 10.8 Å². The predicted octanol–water partition coefficient (Wildman–Crippen LogP) is 2.87. The smallest absolute Gasteiger partial charge is 0.246 e. The molecule has 23 heavy (non-hydrogen) atoms. The first kappa shape index (κ1) is 18.0. The standard InChI is InChI=1S/C18H31N3O2/c1-14(2)16-6-5-15(3)11-17(16)23-12-18(22)20-7-4-9-21-10-8-19-13-21/h8,10,13-17H,4-7,9,11-12H2,1-3H3,(H,20,22)/t15-,16+,17-/m0/s1. The molecule has 0 saturated heterocycles. The largest absolute Gasteiger partial charge is 0.368 e. The second kappa shape index (κ2) is 9.06. The van der Waals surface area contributed by atoms with Crippen LogP contribution in [0.5, 0.6) is 0 Å². The molecule has 1 aliphatic rings. The fourth-order valence-electron chi connectivity index (χ4n) is 3.45. The van der Waals surface area contributed by atoms with E-state index in [0.717, 1.165) is 19.4 Å². The molecule has 0 spiro atoms. The zero-order valence-electron chi connectivity index (χ0n) is 14.7. The summed E-state index contributed by atoms with van der Waals surface area (Å²) in [6.45, 7) is 8.53. The molecule has 0 bridgehead atoms. The molecule has 3 atom stereocenters. The van der Waals surface area contributed by atoms with Crippen molar-refractivity contribution in [1.82, 2.24) is 14.9 Å². The van der Waals surface area contributed by atoms with Gasteiger partial charge in [-0.1, -0.05) is 27.2 Å². The fraction of sp³-hybridized carbons (Fsp3) is 0.778. The summed E-state index contributed by atoms with van der Waals surface area (Å²) in [5.74, 6) is 1.90. The predicted molar refractivity (Wildman–Crippen MR) is 90.9 cm³/mol. The lowest BCUT2D eigenvalue weighted by Gasteiger charge is -2.37. The second-order valence-corrected chi connectivity index (χ2v) is 7.18. The van der Waals surface area contributed by atoms with Gasteiger partial charge in [-0.05, 0) is 37.0 Å². The average Bonchev–Trinajstić information content (AvgIpc) is 3.02. The maximum Gasteiger partial charge on any atom is 0.246 e. The van der Waals surface area contributed by atoms with Crippen LogP contribution in [0.3, 0.4) is 0 Å². The quantitative estimate of drug-likeness (QED) is 0.749. The summed E-state index contributed by atoms with van der Waals surface area (Å²) in [5.41, 5.74) is 0. The van der Waals surface area contributed by atoms with Crippen LogP contribution >= 0.6 is 0 Å². The Labute approximate surface area is 139 Å². The van der Waals surface area contributed by atoms with E-state index in [1.54, 1.807) is 12.5 Å². The molecule has 1 aromatic rings. The average molecular weight is 321 g/mol. The number of carbonyl (C=O) groups is 1. The van der Waals surface area contributed by atoms with Gasteiger partial charge >= 0.3 is 0 Å². The van der Waals surface area contributed by atoms with E-state index in [9.17, 15) is 4.79 Å². The Morgan fingerprint density at radius 1 is 1.43 bits per heavy atom. The highest BCUT2D eigenvalue weighted by Gasteiger charge is 2.31. The van der Waals surface area contributed by atoms with Gasteiger partial charge in [0.1, 0.15) is 6.61 Å². The Bertz CT molecular complexity index is 459. The number of carbonyl (C=O) groups excluding carboxylic acids is 1. The van der Waals surface area contributed by atoms with Gasteiger partial charge in [-0.25, -0.2) is 4.98 Å². The van der Waals surface area contributed by atoms with Gasteiger partial charge in [0.25, 0.3) is 0 Å². The van der Waals surface area contributed by atoms with E-state index in [-0.39, 0.29) is 18.6 Å². The highest BCUT2D eigenvalue weighted by atomic mass is 16.5. The molecule has 2 rings (SSSR count). The number of amides is 1. The van der Waals surface area contributed by atoms with Crippen LogP contribution in [0.1, 0.15) is 46.5 Å². The molecule has 1 N–H and O–H groups in total. The van der Waals surface area contributed by atoms with E-state index >= 15 is 0 Å². The summed E-state index contributed by atoms with van der Waals surface area (Å²) in [6, 6.07) is 0. The van der Waals surface area contributed by atoms with Crippen molar-refractivity contribution in [3.63, 3.8) is 0 Å². The van der Waals surface area contributed by atoms with Crippen molar-refractivity contribution < 1.29 is 9.53 Å². The van der Waals surface area contributed by atoms with Crippen LogP contribution in [0, 0.1) is 17.8 Å².